The van der Waals surface area contributed by atoms with E-state index in [1.54, 1.807) is 0 Å². The molecule has 24 heavy (non-hydrogen) atoms. The number of amides is 2. The number of carbonyl (C=O) groups is 2. The molecule has 5 heteroatoms. The van der Waals surface area contributed by atoms with Gasteiger partial charge in [-0.25, -0.2) is 5.06 Å². The summed E-state index contributed by atoms with van der Waals surface area (Å²) in [5.74, 6) is -0.475. The van der Waals surface area contributed by atoms with Gasteiger partial charge in [0.25, 0.3) is 5.91 Å². The number of hydrogen-bond acceptors (Lipinski definition) is 3. The molecule has 2 amide bonds. The summed E-state index contributed by atoms with van der Waals surface area (Å²) < 4.78 is 0. The Kier molecular flexibility index (Phi) is 5.93. The molecule has 0 unspecified atom stereocenters. The number of benzene rings is 2. The molecule has 0 saturated carbocycles. The summed E-state index contributed by atoms with van der Waals surface area (Å²) in [4.78, 5) is 29.5. The minimum Gasteiger partial charge on any atom is -0.344 e. The van der Waals surface area contributed by atoms with Crippen LogP contribution in [0.1, 0.15) is 19.4 Å². The maximum absolute atomic E-state index is 12.4. The zero-order valence-electron chi connectivity index (χ0n) is 14.6. The highest BCUT2D eigenvalue weighted by Gasteiger charge is 2.27. The standard InChI is InChI=1S/C19H24N2O3/c1-13(2)18(19(23)21(3)24-4)20-17(22)12-14-9-10-15-7-5-6-8-16(15)11-14/h5-11,13,18H,12H2,1-4H3,(H,20,22)/t18-/m0/s1. The minimum absolute atomic E-state index is 0.0318. The molecule has 2 rings (SSSR count). The maximum Gasteiger partial charge on any atom is 0.268 e. The van der Waals surface area contributed by atoms with Gasteiger partial charge in [-0.15, -0.1) is 0 Å². The Balaban J connectivity index is 2.08. The van der Waals surface area contributed by atoms with Crippen molar-refractivity contribution < 1.29 is 14.4 Å². The molecular weight excluding hydrogens is 304 g/mol. The molecule has 0 spiro atoms. The Hall–Kier alpha value is -2.40. The summed E-state index contributed by atoms with van der Waals surface area (Å²) in [6.45, 7) is 3.78. The third-order valence-electron chi connectivity index (χ3n) is 4.01. The first-order chi connectivity index (χ1) is 11.4. The number of fused-ring (bicyclic) bond motifs is 1. The number of nitrogens with one attached hydrogen (secondary N) is 1. The monoisotopic (exact) mass is 328 g/mol. The lowest BCUT2D eigenvalue weighted by Crippen LogP contribution is -2.50. The third kappa shape index (κ3) is 4.32. The fourth-order valence-electron chi connectivity index (χ4n) is 2.56. The number of likely N-dealkylation sites (N-methyl/N-ethyl adjacent to an activating group) is 1. The fraction of sp³-hybridized carbons (Fsp3) is 0.368. The van der Waals surface area contributed by atoms with Gasteiger partial charge in [0, 0.05) is 7.05 Å². The molecule has 0 bridgehead atoms. The number of carbonyl (C=O) groups excluding carboxylic acids is 2. The van der Waals surface area contributed by atoms with Gasteiger partial charge in [0.15, 0.2) is 0 Å². The van der Waals surface area contributed by atoms with Crippen LogP contribution in [0.5, 0.6) is 0 Å². The lowest BCUT2D eigenvalue weighted by atomic mass is 10.0. The SMILES string of the molecule is CON(C)C(=O)[C@@H](NC(=O)Cc1ccc2ccccc2c1)C(C)C. The molecule has 128 valence electrons. The van der Waals surface area contributed by atoms with E-state index in [-0.39, 0.29) is 24.2 Å². The van der Waals surface area contributed by atoms with Crippen molar-refractivity contribution in [2.45, 2.75) is 26.3 Å². The van der Waals surface area contributed by atoms with Crippen molar-refractivity contribution in [2.75, 3.05) is 14.2 Å². The first-order valence-electron chi connectivity index (χ1n) is 8.01. The van der Waals surface area contributed by atoms with Gasteiger partial charge in [0.2, 0.25) is 5.91 Å². The van der Waals surface area contributed by atoms with Crippen LogP contribution >= 0.6 is 0 Å². The van der Waals surface area contributed by atoms with Gasteiger partial charge in [0.1, 0.15) is 6.04 Å². The van der Waals surface area contributed by atoms with Gasteiger partial charge in [-0.05, 0) is 22.3 Å². The smallest absolute Gasteiger partial charge is 0.268 e. The van der Waals surface area contributed by atoms with Gasteiger partial charge in [0.05, 0.1) is 13.5 Å². The average molecular weight is 328 g/mol. The molecule has 0 aliphatic heterocycles. The first-order valence-corrected chi connectivity index (χ1v) is 8.01. The second kappa shape index (κ2) is 7.93. The van der Waals surface area contributed by atoms with Crippen molar-refractivity contribution in [2.24, 2.45) is 5.92 Å². The largest absolute Gasteiger partial charge is 0.344 e. The lowest BCUT2D eigenvalue weighted by molar-refractivity contribution is -0.172. The molecule has 0 saturated heterocycles. The van der Waals surface area contributed by atoms with E-state index in [0.29, 0.717) is 0 Å². The van der Waals surface area contributed by atoms with Crippen LogP contribution in [0.2, 0.25) is 0 Å². The molecule has 2 aromatic carbocycles. The molecule has 0 radical (unpaired) electrons. The predicted octanol–water partition coefficient (Wildman–Crippen LogP) is 2.54. The summed E-state index contributed by atoms with van der Waals surface area (Å²) >= 11 is 0. The van der Waals surface area contributed by atoms with Crippen molar-refractivity contribution in [1.29, 1.82) is 0 Å². The van der Waals surface area contributed by atoms with E-state index in [4.69, 9.17) is 4.84 Å². The van der Waals surface area contributed by atoms with Crippen LogP contribution in [0, 0.1) is 5.92 Å². The molecule has 0 aliphatic rings. The summed E-state index contributed by atoms with van der Waals surface area (Å²) in [5.41, 5.74) is 0.918. The van der Waals surface area contributed by atoms with Gasteiger partial charge in [-0.3, -0.25) is 14.4 Å². The minimum atomic E-state index is -0.608. The third-order valence-corrected chi connectivity index (χ3v) is 4.01. The topological polar surface area (TPSA) is 58.6 Å². The van der Waals surface area contributed by atoms with Gasteiger partial charge in [-0.1, -0.05) is 56.3 Å². The zero-order chi connectivity index (χ0) is 17.7. The van der Waals surface area contributed by atoms with E-state index < -0.39 is 6.04 Å². The molecule has 0 heterocycles. The van der Waals surface area contributed by atoms with Crippen molar-refractivity contribution in [1.82, 2.24) is 10.4 Å². The molecule has 2 aromatic rings. The second-order valence-corrected chi connectivity index (χ2v) is 6.17. The highest BCUT2D eigenvalue weighted by molar-refractivity contribution is 5.89. The Morgan fingerprint density at radius 3 is 2.42 bits per heavy atom. The highest BCUT2D eigenvalue weighted by atomic mass is 16.7. The number of hydroxylamine groups is 2. The van der Waals surface area contributed by atoms with Crippen LogP contribution < -0.4 is 5.32 Å². The molecule has 5 nitrogen and oxygen atoms in total. The van der Waals surface area contributed by atoms with E-state index >= 15 is 0 Å². The van der Waals surface area contributed by atoms with Crippen LogP contribution in [0.25, 0.3) is 10.8 Å². The fourth-order valence-corrected chi connectivity index (χ4v) is 2.56. The van der Waals surface area contributed by atoms with Crippen molar-refractivity contribution in [3.05, 3.63) is 48.0 Å². The molecule has 0 fully saturated rings. The van der Waals surface area contributed by atoms with Crippen molar-refractivity contribution in [3.63, 3.8) is 0 Å². The van der Waals surface area contributed by atoms with E-state index in [0.717, 1.165) is 21.4 Å². The molecule has 1 N–H and O–H groups in total. The zero-order valence-corrected chi connectivity index (χ0v) is 14.6. The average Bonchev–Trinajstić information content (AvgIpc) is 2.58. The van der Waals surface area contributed by atoms with Gasteiger partial charge >= 0.3 is 0 Å². The van der Waals surface area contributed by atoms with E-state index in [1.165, 1.54) is 14.2 Å². The predicted molar refractivity (Wildman–Crippen MR) is 94.2 cm³/mol. The Bertz CT molecular complexity index is 727. The van der Waals surface area contributed by atoms with E-state index in [2.05, 4.69) is 5.32 Å². The highest BCUT2D eigenvalue weighted by Crippen LogP contribution is 2.16. The molecular formula is C19H24N2O3. The van der Waals surface area contributed by atoms with Crippen LogP contribution in [0.4, 0.5) is 0 Å². The van der Waals surface area contributed by atoms with Crippen molar-refractivity contribution in [3.8, 4) is 0 Å². The summed E-state index contributed by atoms with van der Waals surface area (Å²) in [7, 11) is 2.96. The number of rotatable bonds is 6. The van der Waals surface area contributed by atoms with Crippen LogP contribution in [0.15, 0.2) is 42.5 Å². The summed E-state index contributed by atoms with van der Waals surface area (Å²) in [6.07, 6.45) is 0.234. The van der Waals surface area contributed by atoms with E-state index in [1.807, 2.05) is 56.3 Å². The van der Waals surface area contributed by atoms with Gasteiger partial charge in [-0.2, -0.15) is 0 Å². The Labute approximate surface area is 142 Å². The van der Waals surface area contributed by atoms with Crippen LogP contribution in [-0.4, -0.2) is 37.1 Å². The lowest BCUT2D eigenvalue weighted by Gasteiger charge is -2.25. The quantitative estimate of drug-likeness (QED) is 0.829. The number of hydrogen-bond donors (Lipinski definition) is 1. The first kappa shape index (κ1) is 17.9. The summed E-state index contributed by atoms with van der Waals surface area (Å²) in [5, 5.41) is 6.19. The second-order valence-electron chi connectivity index (χ2n) is 6.17. The normalized spacial score (nSPS) is 12.2. The van der Waals surface area contributed by atoms with Crippen LogP contribution in [-0.2, 0) is 20.8 Å². The number of nitrogens with zero attached hydrogens (tertiary/aromatic N) is 1. The van der Waals surface area contributed by atoms with E-state index in [9.17, 15) is 9.59 Å². The Morgan fingerprint density at radius 1 is 1.12 bits per heavy atom. The van der Waals surface area contributed by atoms with Gasteiger partial charge < -0.3 is 5.32 Å². The molecule has 0 aliphatic carbocycles. The van der Waals surface area contributed by atoms with Crippen LogP contribution in [0.3, 0.4) is 0 Å². The molecule has 0 aromatic heterocycles. The Morgan fingerprint density at radius 2 is 1.79 bits per heavy atom. The molecule has 1 atom stereocenters. The maximum atomic E-state index is 12.4. The summed E-state index contributed by atoms with van der Waals surface area (Å²) in [6, 6.07) is 13.3. The van der Waals surface area contributed by atoms with Crippen molar-refractivity contribution >= 4 is 22.6 Å².